The van der Waals surface area contributed by atoms with E-state index in [0.29, 0.717) is 55.7 Å². The quantitative estimate of drug-likeness (QED) is 0.0995. The van der Waals surface area contributed by atoms with Gasteiger partial charge in [0, 0.05) is 42.2 Å². The first-order valence-corrected chi connectivity index (χ1v) is 17.7. The summed E-state index contributed by atoms with van der Waals surface area (Å²) in [6, 6.07) is 12.3. The summed E-state index contributed by atoms with van der Waals surface area (Å²) in [5.41, 5.74) is 8.05. The lowest BCUT2D eigenvalue weighted by atomic mass is 9.38. The zero-order chi connectivity index (χ0) is 37.2. The predicted molar refractivity (Wildman–Crippen MR) is 189 cm³/mol. The smallest absolute Gasteiger partial charge is 0.262 e. The summed E-state index contributed by atoms with van der Waals surface area (Å²) in [6.07, 6.45) is 3.98. The van der Waals surface area contributed by atoms with E-state index in [1.807, 2.05) is 0 Å². The molecular formula is C37H41N7O9. The Morgan fingerprint density at radius 3 is 2.45 bits per heavy atom. The van der Waals surface area contributed by atoms with Crippen LogP contribution < -0.4 is 26.4 Å². The highest BCUT2D eigenvalue weighted by molar-refractivity contribution is 6.23. The Morgan fingerprint density at radius 2 is 1.68 bits per heavy atom. The number of benzene rings is 2. The highest BCUT2D eigenvalue weighted by Crippen LogP contribution is 2.68. The summed E-state index contributed by atoms with van der Waals surface area (Å²) >= 11 is 0. The van der Waals surface area contributed by atoms with Crippen LogP contribution in [0.3, 0.4) is 0 Å². The van der Waals surface area contributed by atoms with Crippen molar-refractivity contribution in [2.24, 2.45) is 5.41 Å². The molecule has 278 valence electrons. The third-order valence-electron chi connectivity index (χ3n) is 10.3. The molecule has 6 N–H and O–H groups in total. The second-order valence-corrected chi connectivity index (χ2v) is 14.1. The molecule has 5 aliphatic rings. The van der Waals surface area contributed by atoms with Gasteiger partial charge in [-0.2, -0.15) is 0 Å². The number of hydrogen-bond acceptors (Lipinski definition) is 13. The van der Waals surface area contributed by atoms with Crippen LogP contribution in [0.25, 0.3) is 11.3 Å². The molecular weight excluding hydrogens is 686 g/mol. The molecule has 1 aromatic heterocycles. The van der Waals surface area contributed by atoms with E-state index < -0.39 is 29.7 Å². The molecule has 0 radical (unpaired) electrons. The molecule has 3 aromatic rings. The maximum absolute atomic E-state index is 13.0. The van der Waals surface area contributed by atoms with Crippen LogP contribution in [-0.4, -0.2) is 101 Å². The molecule has 0 spiro atoms. The van der Waals surface area contributed by atoms with Crippen LogP contribution in [0.4, 0.5) is 11.5 Å². The average molecular weight is 728 g/mol. The van der Waals surface area contributed by atoms with Crippen molar-refractivity contribution in [2.75, 3.05) is 50.6 Å². The third-order valence-corrected chi connectivity index (χ3v) is 10.3. The minimum absolute atomic E-state index is 0.0400. The molecule has 1 saturated heterocycles. The molecule has 8 rings (SSSR count). The van der Waals surface area contributed by atoms with Crippen LogP contribution in [0, 0.1) is 5.41 Å². The van der Waals surface area contributed by atoms with Gasteiger partial charge >= 0.3 is 0 Å². The van der Waals surface area contributed by atoms with Crippen molar-refractivity contribution >= 4 is 41.0 Å². The molecule has 5 amide bonds. The van der Waals surface area contributed by atoms with Crippen molar-refractivity contribution in [2.45, 2.75) is 56.5 Å². The highest BCUT2D eigenvalue weighted by atomic mass is 16.5. The van der Waals surface area contributed by atoms with Gasteiger partial charge in [0.1, 0.15) is 17.5 Å². The minimum Gasteiger partial charge on any atom is -0.507 e. The van der Waals surface area contributed by atoms with Gasteiger partial charge in [-0.15, -0.1) is 10.2 Å². The number of phenolic OH excluding ortho intramolecular Hbond substituents is 1. The van der Waals surface area contributed by atoms with E-state index in [-0.39, 0.29) is 65.4 Å². The van der Waals surface area contributed by atoms with Crippen molar-refractivity contribution in [3.05, 3.63) is 59.7 Å². The Hall–Kier alpha value is -5.61. The summed E-state index contributed by atoms with van der Waals surface area (Å²) < 4.78 is 17.1. The number of carbonyl (C=O) groups excluding carboxylic acids is 5. The van der Waals surface area contributed by atoms with E-state index in [2.05, 4.69) is 26.1 Å². The fourth-order valence-corrected chi connectivity index (χ4v) is 7.79. The molecule has 1 unspecified atom stereocenters. The van der Waals surface area contributed by atoms with E-state index in [1.165, 1.54) is 0 Å². The topological polar surface area (TPSA) is 224 Å². The van der Waals surface area contributed by atoms with Crippen LogP contribution in [0.1, 0.15) is 65.7 Å². The molecule has 2 bridgehead atoms. The standard InChI is InChI=1S/C37H41N7O9/c38-32-29(18-26(42-43-32)24-3-1-2-4-28(24)45)53-13-10-36-19-37(20-36,21-36)41-31(47)9-12-51-15-16-52-14-11-39-22-5-6-23-25(17-22)35(50)44(34(23)49)27-7-8-30(46)40-33(27)48/h1-6,17-18,27,39,45H,7-16,19-21H2,(H2,38,43)(H,41,47)(H,40,46,48). The lowest BCUT2D eigenvalue weighted by Gasteiger charge is -2.71. The number of ether oxygens (including phenoxy) is 3. The Morgan fingerprint density at radius 1 is 0.925 bits per heavy atom. The van der Waals surface area contributed by atoms with Crippen molar-refractivity contribution in [3.8, 4) is 22.8 Å². The van der Waals surface area contributed by atoms with Gasteiger partial charge in [0.2, 0.25) is 17.7 Å². The number of rotatable bonds is 17. The number of anilines is 2. The summed E-state index contributed by atoms with van der Waals surface area (Å²) in [7, 11) is 0. The third kappa shape index (κ3) is 7.50. The number of nitrogens with two attached hydrogens (primary N) is 1. The molecule has 3 aliphatic carbocycles. The Labute approximate surface area is 304 Å². The normalized spacial score (nSPS) is 22.8. The van der Waals surface area contributed by atoms with E-state index in [1.54, 1.807) is 48.5 Å². The van der Waals surface area contributed by atoms with Gasteiger partial charge in [-0.3, -0.25) is 34.2 Å². The van der Waals surface area contributed by atoms with Crippen LogP contribution in [0.5, 0.6) is 11.5 Å². The summed E-state index contributed by atoms with van der Waals surface area (Å²) in [5, 5.41) is 26.7. The zero-order valence-corrected chi connectivity index (χ0v) is 29.0. The molecule has 16 heteroatoms. The van der Waals surface area contributed by atoms with Crippen molar-refractivity contribution < 1.29 is 43.3 Å². The molecule has 2 aliphatic heterocycles. The van der Waals surface area contributed by atoms with Crippen LogP contribution in [0.2, 0.25) is 0 Å². The largest absolute Gasteiger partial charge is 0.507 e. The Balaban J connectivity index is 0.732. The number of fused-ring (bicyclic) bond motifs is 1. The summed E-state index contributed by atoms with van der Waals surface area (Å²) in [5.74, 6) is -1.51. The SMILES string of the molecule is Nc1nnc(-c2ccccc2O)cc1OCCC12CC(NC(=O)CCOCCOCCNc3ccc4c(c3)C(=O)N(C3CCC(=O)NC3=O)C4=O)(C1)C2. The van der Waals surface area contributed by atoms with Crippen molar-refractivity contribution in [1.29, 1.82) is 0 Å². The number of carbonyl (C=O) groups is 5. The van der Waals surface area contributed by atoms with E-state index >= 15 is 0 Å². The van der Waals surface area contributed by atoms with Crippen LogP contribution >= 0.6 is 0 Å². The first kappa shape index (κ1) is 35.8. The number of aromatic nitrogens is 2. The van der Waals surface area contributed by atoms with Gasteiger partial charge < -0.3 is 35.7 Å². The number of hydrogen-bond donors (Lipinski definition) is 5. The lowest BCUT2D eigenvalue weighted by Crippen LogP contribution is -2.74. The van der Waals surface area contributed by atoms with Crippen LogP contribution in [0.15, 0.2) is 48.5 Å². The number of amides is 5. The molecule has 3 heterocycles. The maximum Gasteiger partial charge on any atom is 0.262 e. The highest BCUT2D eigenvalue weighted by Gasteiger charge is 2.67. The van der Waals surface area contributed by atoms with Gasteiger partial charge in [-0.05, 0) is 67.9 Å². The number of piperidine rings is 1. The lowest BCUT2D eigenvalue weighted by molar-refractivity contribution is -0.171. The molecule has 16 nitrogen and oxygen atoms in total. The number of phenols is 1. The number of nitrogens with one attached hydrogen (secondary N) is 3. The average Bonchev–Trinajstić information content (AvgIpc) is 3.35. The van der Waals surface area contributed by atoms with Crippen molar-refractivity contribution in [1.82, 2.24) is 25.7 Å². The fraction of sp³-hybridized carbons (Fsp3) is 0.432. The first-order valence-electron chi connectivity index (χ1n) is 17.7. The van der Waals surface area contributed by atoms with E-state index in [0.717, 1.165) is 30.6 Å². The maximum atomic E-state index is 13.0. The second kappa shape index (κ2) is 14.8. The summed E-state index contributed by atoms with van der Waals surface area (Å²) in [6.45, 7) is 2.20. The Bertz CT molecular complexity index is 1930. The predicted octanol–water partition coefficient (Wildman–Crippen LogP) is 2.18. The number of para-hydroxylation sites is 1. The summed E-state index contributed by atoms with van der Waals surface area (Å²) in [4.78, 5) is 63.1. The number of aromatic hydroxyl groups is 1. The van der Waals surface area contributed by atoms with Gasteiger partial charge in [-0.1, -0.05) is 12.1 Å². The number of nitrogens with zero attached hydrogens (tertiary/aromatic N) is 3. The molecule has 53 heavy (non-hydrogen) atoms. The molecule has 1 atom stereocenters. The van der Waals surface area contributed by atoms with Gasteiger partial charge in [0.25, 0.3) is 11.8 Å². The second-order valence-electron chi connectivity index (χ2n) is 14.1. The first-order chi connectivity index (χ1) is 25.6. The van der Waals surface area contributed by atoms with Gasteiger partial charge in [0.05, 0.1) is 44.2 Å². The minimum atomic E-state index is -1.01. The van der Waals surface area contributed by atoms with E-state index in [4.69, 9.17) is 19.9 Å². The van der Waals surface area contributed by atoms with Crippen LogP contribution in [-0.2, 0) is 23.9 Å². The molecule has 2 aromatic carbocycles. The zero-order valence-electron chi connectivity index (χ0n) is 29.0. The number of imide groups is 2. The van der Waals surface area contributed by atoms with Gasteiger partial charge in [-0.25, -0.2) is 0 Å². The Kier molecular flexibility index (Phi) is 9.98. The molecule has 4 fully saturated rings. The number of nitrogen functional groups attached to an aromatic ring is 1. The van der Waals surface area contributed by atoms with Crippen molar-refractivity contribution in [3.63, 3.8) is 0 Å². The fourth-order valence-electron chi connectivity index (χ4n) is 7.79. The van der Waals surface area contributed by atoms with Gasteiger partial charge in [0.15, 0.2) is 11.6 Å². The monoisotopic (exact) mass is 727 g/mol. The van der Waals surface area contributed by atoms with E-state index in [9.17, 15) is 29.1 Å². The molecule has 3 saturated carbocycles.